The van der Waals surface area contributed by atoms with Crippen LogP contribution in [0.4, 0.5) is 34.1 Å². The van der Waals surface area contributed by atoms with Crippen LogP contribution in [0.25, 0.3) is 32.7 Å². The van der Waals surface area contributed by atoms with E-state index in [1.165, 1.54) is 26.4 Å². The van der Waals surface area contributed by atoms with Crippen LogP contribution in [-0.2, 0) is 0 Å². The number of rotatable bonds is 17. The van der Waals surface area contributed by atoms with E-state index in [2.05, 4.69) is 31.1 Å². The molecular weight excluding hydrogens is 1000 g/mol. The van der Waals surface area contributed by atoms with Gasteiger partial charge in [-0.2, -0.15) is 0 Å². The van der Waals surface area contributed by atoms with Gasteiger partial charge in [-0.05, 0) is 84.3 Å². The zero-order valence-corrected chi connectivity index (χ0v) is 42.0. The quantitative estimate of drug-likeness (QED) is 0.0649. The number of phenolic OH excluding ortho intramolecular Hbond substituents is 2. The number of hydrogen-bond acceptors (Lipinski definition) is 12. The molecule has 8 aromatic rings. The van der Waals surface area contributed by atoms with Crippen LogP contribution in [0.15, 0.2) is 142 Å². The van der Waals surface area contributed by atoms with E-state index in [4.69, 9.17) is 65.4 Å². The molecule has 4 N–H and O–H groups in total. The van der Waals surface area contributed by atoms with Crippen molar-refractivity contribution in [3.8, 4) is 45.6 Å². The Morgan fingerprint density at radius 1 is 0.514 bits per heavy atom. The molecule has 0 radical (unpaired) electrons. The average molecular weight is 1050 g/mol. The van der Waals surface area contributed by atoms with Crippen LogP contribution in [0.2, 0.25) is 20.1 Å². The highest BCUT2D eigenvalue weighted by Gasteiger charge is 2.26. The molecule has 0 spiro atoms. The maximum absolute atomic E-state index is 14.3. The second kappa shape index (κ2) is 22.6. The number of methoxy groups -OCH3 is 2. The number of anilines is 2. The average Bonchev–Trinajstić information content (AvgIpc) is 3.38. The molecule has 0 bridgehead atoms. The van der Waals surface area contributed by atoms with Crippen LogP contribution < -0.4 is 29.6 Å². The molecular formula is C54H44Cl4N6O8. The Balaban J connectivity index is 1.16. The molecule has 0 atom stereocenters. The lowest BCUT2D eigenvalue weighted by Gasteiger charge is -2.21. The molecule has 0 aliphatic carbocycles. The van der Waals surface area contributed by atoms with Crippen LogP contribution >= 0.6 is 46.4 Å². The van der Waals surface area contributed by atoms with Crippen molar-refractivity contribution in [2.45, 2.75) is 26.7 Å². The van der Waals surface area contributed by atoms with Gasteiger partial charge in [-0.25, -0.2) is 0 Å². The fourth-order valence-electron chi connectivity index (χ4n) is 7.63. The molecule has 0 saturated heterocycles. The van der Waals surface area contributed by atoms with Gasteiger partial charge in [0.15, 0.2) is 11.5 Å². The summed E-state index contributed by atoms with van der Waals surface area (Å²) in [5, 5.41) is 50.0. The molecule has 72 heavy (non-hydrogen) atoms. The van der Waals surface area contributed by atoms with Gasteiger partial charge >= 0.3 is 0 Å². The maximum atomic E-state index is 14.3. The Morgan fingerprint density at radius 3 is 1.31 bits per heavy atom. The number of fused-ring (bicyclic) bond motifs is 2. The number of nitrogens with zero attached hydrogens (tertiary/aromatic N) is 4. The third kappa shape index (κ3) is 11.0. The number of carbonyl (C=O) groups excluding carboxylic acids is 2. The monoisotopic (exact) mass is 1040 g/mol. The molecule has 8 rings (SSSR count). The smallest absolute Gasteiger partial charge is 0.259 e. The topological polar surface area (TPSA) is 185 Å². The van der Waals surface area contributed by atoms with Gasteiger partial charge in [-0.15, -0.1) is 20.5 Å². The molecule has 0 aromatic heterocycles. The summed E-state index contributed by atoms with van der Waals surface area (Å²) in [6.45, 7) is 4.43. The lowest BCUT2D eigenvalue weighted by molar-refractivity contribution is 0.101. The zero-order chi connectivity index (χ0) is 51.1. The van der Waals surface area contributed by atoms with Gasteiger partial charge in [0.05, 0.1) is 60.0 Å². The Hall–Kier alpha value is -7.62. The molecule has 0 heterocycles. The number of benzene rings is 8. The van der Waals surface area contributed by atoms with Crippen molar-refractivity contribution in [1.29, 1.82) is 0 Å². The summed E-state index contributed by atoms with van der Waals surface area (Å²) >= 11 is 25.1. The fraction of sp³-hybridized carbons (Fsp3) is 0.148. The first-order valence-corrected chi connectivity index (χ1v) is 23.9. The van der Waals surface area contributed by atoms with Crippen molar-refractivity contribution < 1.29 is 38.7 Å². The fourth-order valence-corrected chi connectivity index (χ4v) is 8.28. The molecule has 0 unspecified atom stereocenters. The first-order valence-electron chi connectivity index (χ1n) is 22.4. The second-order valence-corrected chi connectivity index (χ2v) is 17.7. The summed E-state index contributed by atoms with van der Waals surface area (Å²) in [6, 6.07) is 33.3. The summed E-state index contributed by atoms with van der Waals surface area (Å²) in [6.07, 6.45) is 1.26. The first kappa shape index (κ1) is 50.8. The Morgan fingerprint density at radius 2 is 0.917 bits per heavy atom. The van der Waals surface area contributed by atoms with E-state index in [0.717, 1.165) is 0 Å². The lowest BCUT2D eigenvalue weighted by atomic mass is 10.00. The maximum Gasteiger partial charge on any atom is 0.259 e. The van der Waals surface area contributed by atoms with Crippen molar-refractivity contribution in [2.24, 2.45) is 20.5 Å². The minimum atomic E-state index is -0.683. The molecule has 366 valence electrons. The largest absolute Gasteiger partial charge is 0.505 e. The highest BCUT2D eigenvalue weighted by atomic mass is 35.5. The number of aromatic hydroxyl groups is 2. The van der Waals surface area contributed by atoms with Crippen LogP contribution in [0.3, 0.4) is 0 Å². The van der Waals surface area contributed by atoms with Gasteiger partial charge in [0.1, 0.15) is 45.7 Å². The standard InChI is InChI=1S/C54H44Cl4N6O8/c1-5-19-71-47-25-35(45(69-3)27-43(47)59-53(67)37-21-29-11-7-9-13-33(29)49(51(37)65)63-61-41-23-31(55)15-17-39(41)57)36-26-48(72-20-6-2)44(28-46(36)70-4)60-54(68)38-22-30-12-8-10-14-34(30)50(52(38)66)64-62-42-24-32(56)16-18-40(42)58/h7-18,21-28,65-66H,5-6,19-20H2,1-4H3,(H,59,67)(H,60,68). The molecule has 0 aliphatic rings. The van der Waals surface area contributed by atoms with Gasteiger partial charge in [0.2, 0.25) is 0 Å². The number of halogens is 4. The van der Waals surface area contributed by atoms with E-state index in [0.29, 0.717) is 67.1 Å². The molecule has 2 amide bonds. The number of ether oxygens (including phenoxy) is 4. The normalized spacial score (nSPS) is 11.4. The molecule has 14 nitrogen and oxygen atoms in total. The highest BCUT2D eigenvalue weighted by molar-refractivity contribution is 6.35. The van der Waals surface area contributed by atoms with Gasteiger partial charge in [0, 0.05) is 44.1 Å². The van der Waals surface area contributed by atoms with Crippen molar-refractivity contribution in [2.75, 3.05) is 38.1 Å². The third-order valence-electron chi connectivity index (χ3n) is 11.1. The lowest BCUT2D eigenvalue weighted by Crippen LogP contribution is -2.14. The van der Waals surface area contributed by atoms with Crippen molar-refractivity contribution >= 4 is 114 Å². The Labute approximate surface area is 433 Å². The van der Waals surface area contributed by atoms with Gasteiger partial charge in [-0.3, -0.25) is 9.59 Å². The van der Waals surface area contributed by atoms with E-state index in [-0.39, 0.29) is 80.0 Å². The Kier molecular flexibility index (Phi) is 16.0. The molecule has 18 heteroatoms. The second-order valence-electron chi connectivity index (χ2n) is 16.0. The minimum Gasteiger partial charge on any atom is -0.505 e. The van der Waals surface area contributed by atoms with E-state index >= 15 is 0 Å². The predicted molar refractivity (Wildman–Crippen MR) is 285 cm³/mol. The summed E-state index contributed by atoms with van der Waals surface area (Å²) < 4.78 is 24.4. The van der Waals surface area contributed by atoms with E-state index < -0.39 is 23.3 Å². The number of phenols is 2. The van der Waals surface area contributed by atoms with E-state index in [1.54, 1.807) is 109 Å². The first-order chi connectivity index (χ1) is 34.8. The predicted octanol–water partition coefficient (Wildman–Crippen LogP) is 16.6. The molecule has 8 aromatic carbocycles. The van der Waals surface area contributed by atoms with Crippen molar-refractivity contribution in [3.63, 3.8) is 0 Å². The van der Waals surface area contributed by atoms with Gasteiger partial charge < -0.3 is 39.8 Å². The van der Waals surface area contributed by atoms with Crippen LogP contribution in [-0.4, -0.2) is 49.5 Å². The van der Waals surface area contributed by atoms with Crippen molar-refractivity contribution in [1.82, 2.24) is 0 Å². The van der Waals surface area contributed by atoms with Crippen LogP contribution in [0, 0.1) is 0 Å². The number of amides is 2. The van der Waals surface area contributed by atoms with Gasteiger partial charge in [-0.1, -0.05) is 109 Å². The minimum absolute atomic E-state index is 0.0402. The molecule has 0 saturated carbocycles. The molecule has 0 aliphatic heterocycles. The Bertz CT molecular complexity index is 3240. The summed E-state index contributed by atoms with van der Waals surface area (Å²) in [4.78, 5) is 28.6. The van der Waals surface area contributed by atoms with Crippen LogP contribution in [0.5, 0.6) is 34.5 Å². The summed E-state index contributed by atoms with van der Waals surface area (Å²) in [5.41, 5.74) is 1.84. The number of hydrogen-bond donors (Lipinski definition) is 4. The number of azo groups is 2. The third-order valence-corrected chi connectivity index (χ3v) is 12.2. The molecule has 0 fully saturated rings. The highest BCUT2D eigenvalue weighted by Crippen LogP contribution is 2.48. The van der Waals surface area contributed by atoms with E-state index in [1.807, 2.05) is 13.8 Å². The van der Waals surface area contributed by atoms with Gasteiger partial charge in [0.25, 0.3) is 11.8 Å². The summed E-state index contributed by atoms with van der Waals surface area (Å²) in [5.74, 6) is -1.09. The number of nitrogens with one attached hydrogen (secondary N) is 2. The van der Waals surface area contributed by atoms with Crippen LogP contribution in [0.1, 0.15) is 47.4 Å². The SMILES string of the molecule is CCCOc1cc(-c2cc(OCCC)c(NC(=O)c3cc4ccccc4c(N=Nc4cc(Cl)ccc4Cl)c3O)cc2OC)c(OC)cc1NC(=O)c1cc2ccccc2c(N=Nc2cc(Cl)ccc2Cl)c1O. The summed E-state index contributed by atoms with van der Waals surface area (Å²) in [7, 11) is 2.94. The van der Waals surface area contributed by atoms with E-state index in [9.17, 15) is 19.8 Å². The van der Waals surface area contributed by atoms with Crippen molar-refractivity contribution in [3.05, 3.63) is 153 Å². The zero-order valence-electron chi connectivity index (χ0n) is 39.0. The number of carbonyl (C=O) groups is 2.